The molecule has 194 valence electrons. The summed E-state index contributed by atoms with van der Waals surface area (Å²) in [6.45, 7) is 10.4. The first-order chi connectivity index (χ1) is 17.6. The molecular weight excluding hydrogens is 477 g/mol. The summed E-state index contributed by atoms with van der Waals surface area (Å²) in [6.07, 6.45) is 12.3. The number of hydrogen-bond acceptors (Lipinski definition) is 8. The van der Waals surface area contributed by atoms with Crippen LogP contribution in [0.1, 0.15) is 38.2 Å². The number of thiazole rings is 1. The van der Waals surface area contributed by atoms with Crippen LogP contribution in [0.25, 0.3) is 0 Å². The summed E-state index contributed by atoms with van der Waals surface area (Å²) < 4.78 is 14.1. The van der Waals surface area contributed by atoms with Crippen molar-refractivity contribution < 1.29 is 14.4 Å². The molecule has 0 fully saturated rings. The molecule has 36 heavy (non-hydrogen) atoms. The third-order valence-corrected chi connectivity index (χ3v) is 5.62. The molecule has 0 atom stereocenters. The maximum Gasteiger partial charge on any atom is 0.208 e. The van der Waals surface area contributed by atoms with Gasteiger partial charge in [-0.05, 0) is 62.0 Å². The zero-order valence-corrected chi connectivity index (χ0v) is 21.5. The predicted octanol–water partition coefficient (Wildman–Crippen LogP) is 6.13. The molecule has 7 nitrogen and oxygen atoms in total. The number of benzene rings is 1. The number of aliphatic hydroxyl groups excluding tert-OH is 1. The second-order valence-corrected chi connectivity index (χ2v) is 8.64. The largest absolute Gasteiger partial charge is 0.396 e. The number of allylic oxidation sites excluding steroid dienone is 6. The lowest BCUT2D eigenvalue weighted by atomic mass is 10.0. The van der Waals surface area contributed by atoms with E-state index < -0.39 is 5.83 Å². The summed E-state index contributed by atoms with van der Waals surface area (Å²) in [5.41, 5.74) is 9.45. The zero-order valence-electron chi connectivity index (χ0n) is 20.7. The Hall–Kier alpha value is -3.40. The fourth-order valence-corrected chi connectivity index (χ4v) is 3.70. The lowest BCUT2D eigenvalue weighted by Gasteiger charge is -2.16. The Kier molecular flexibility index (Phi) is 13.7. The fourth-order valence-electron chi connectivity index (χ4n) is 3.23. The second kappa shape index (κ2) is 17.1. The summed E-state index contributed by atoms with van der Waals surface area (Å²) in [6, 6.07) is 8.53. The topological polar surface area (TPSA) is 90.5 Å². The number of halogens is 1. The van der Waals surface area contributed by atoms with Crippen LogP contribution in [0.5, 0.6) is 0 Å². The SMILES string of the molecule is C=C/C(F)=C(\C=C/C(=C)NONc1nccs1)N/C(=C\CC)CCCO.c1ccc2c(c1)CCCN2. The molecule has 2 heterocycles. The highest BCUT2D eigenvalue weighted by molar-refractivity contribution is 7.13. The van der Waals surface area contributed by atoms with E-state index in [1.165, 1.54) is 41.5 Å². The number of para-hydroxylation sites is 1. The number of rotatable bonds is 13. The zero-order chi connectivity index (χ0) is 26.0. The second-order valence-electron chi connectivity index (χ2n) is 7.75. The van der Waals surface area contributed by atoms with Gasteiger partial charge in [0.25, 0.3) is 0 Å². The van der Waals surface area contributed by atoms with Gasteiger partial charge in [-0.1, -0.05) is 44.4 Å². The number of fused-ring (bicyclic) bond motifs is 1. The first kappa shape index (κ1) is 28.8. The van der Waals surface area contributed by atoms with Crippen LogP contribution in [0, 0.1) is 0 Å². The highest BCUT2D eigenvalue weighted by atomic mass is 32.1. The number of anilines is 2. The van der Waals surface area contributed by atoms with Crippen LogP contribution in [-0.2, 0) is 11.4 Å². The Bertz CT molecular complexity index is 1010. The van der Waals surface area contributed by atoms with Crippen molar-refractivity contribution in [1.82, 2.24) is 15.8 Å². The maximum absolute atomic E-state index is 14.1. The summed E-state index contributed by atoms with van der Waals surface area (Å²) in [4.78, 5) is 9.03. The van der Waals surface area contributed by atoms with E-state index in [1.54, 1.807) is 17.7 Å². The normalized spacial score (nSPS) is 13.5. The van der Waals surface area contributed by atoms with E-state index in [9.17, 15) is 4.39 Å². The van der Waals surface area contributed by atoms with E-state index in [4.69, 9.17) is 10.0 Å². The molecular formula is C27H36FN5O2S. The molecule has 0 amide bonds. The first-order valence-electron chi connectivity index (χ1n) is 11.9. The van der Waals surface area contributed by atoms with Gasteiger partial charge >= 0.3 is 0 Å². The minimum atomic E-state index is -0.498. The van der Waals surface area contributed by atoms with Crippen molar-refractivity contribution in [1.29, 1.82) is 0 Å². The van der Waals surface area contributed by atoms with Gasteiger partial charge in [0.1, 0.15) is 5.83 Å². The Morgan fingerprint density at radius 2 is 2.17 bits per heavy atom. The fraction of sp³-hybridized carbons (Fsp3) is 0.296. The number of nitrogens with one attached hydrogen (secondary N) is 4. The standard InChI is InChI=1S/C18H25FN4O2S.C9H11N/c1-4-7-15(8-6-12-24)21-17(16(19)5-2)10-9-14(3)22-25-23-18-20-11-13-26-18;1-2-6-9-8(4-1)5-3-7-10-9/h5,7,9-11,13,21-22,24H,2-4,6,8,12H2,1H3,(H,20,23);1-2,4,6,10H,3,5,7H2/b10-9-,15-7-,17-16-;. The molecule has 2 aromatic rings. The van der Waals surface area contributed by atoms with Crippen molar-refractivity contribution in [2.75, 3.05) is 23.9 Å². The summed E-state index contributed by atoms with van der Waals surface area (Å²) >= 11 is 1.38. The van der Waals surface area contributed by atoms with Crippen LogP contribution in [-0.4, -0.2) is 23.2 Å². The van der Waals surface area contributed by atoms with Gasteiger partial charge in [-0.2, -0.15) is 4.94 Å². The molecule has 0 radical (unpaired) electrons. The monoisotopic (exact) mass is 513 g/mol. The van der Waals surface area contributed by atoms with E-state index in [-0.39, 0.29) is 12.3 Å². The molecule has 3 rings (SSSR count). The van der Waals surface area contributed by atoms with Crippen molar-refractivity contribution in [3.05, 3.63) is 102 Å². The van der Waals surface area contributed by atoms with Gasteiger partial charge in [-0.25, -0.2) is 20.3 Å². The average Bonchev–Trinajstić information content (AvgIpc) is 3.43. The van der Waals surface area contributed by atoms with Crippen molar-refractivity contribution >= 4 is 22.2 Å². The van der Waals surface area contributed by atoms with E-state index in [0.29, 0.717) is 23.7 Å². The smallest absolute Gasteiger partial charge is 0.208 e. The van der Waals surface area contributed by atoms with Gasteiger partial charge in [0.05, 0.1) is 11.4 Å². The molecule has 5 N–H and O–H groups in total. The molecule has 1 aliphatic rings. The molecule has 0 unspecified atom stereocenters. The molecule has 0 bridgehead atoms. The van der Waals surface area contributed by atoms with E-state index >= 15 is 0 Å². The lowest BCUT2D eigenvalue weighted by molar-refractivity contribution is 0.118. The number of aliphatic hydroxyl groups is 1. The number of aryl methyl sites for hydroxylation is 1. The van der Waals surface area contributed by atoms with Gasteiger partial charge in [-0.3, -0.25) is 0 Å². The van der Waals surface area contributed by atoms with Gasteiger partial charge in [0.2, 0.25) is 5.13 Å². The van der Waals surface area contributed by atoms with Crippen molar-refractivity contribution in [3.63, 3.8) is 0 Å². The highest BCUT2D eigenvalue weighted by Crippen LogP contribution is 2.20. The molecule has 0 aliphatic carbocycles. The van der Waals surface area contributed by atoms with Crippen molar-refractivity contribution in [2.24, 2.45) is 0 Å². The quantitative estimate of drug-likeness (QED) is 0.163. The molecule has 1 aliphatic heterocycles. The Morgan fingerprint density at radius 1 is 1.33 bits per heavy atom. The van der Waals surface area contributed by atoms with Gasteiger partial charge in [-0.15, -0.1) is 11.3 Å². The number of hydroxylamine groups is 1. The molecule has 1 aromatic heterocycles. The Balaban J connectivity index is 0.000000373. The summed E-state index contributed by atoms with van der Waals surface area (Å²) in [5.74, 6) is -0.498. The Labute approximate surface area is 217 Å². The van der Waals surface area contributed by atoms with Crippen LogP contribution in [0.3, 0.4) is 0 Å². The number of hydrogen-bond donors (Lipinski definition) is 5. The van der Waals surface area contributed by atoms with Crippen molar-refractivity contribution in [2.45, 2.75) is 39.0 Å². The van der Waals surface area contributed by atoms with Crippen LogP contribution >= 0.6 is 11.3 Å². The maximum atomic E-state index is 14.1. The number of nitrogens with zero attached hydrogens (tertiary/aromatic N) is 1. The molecule has 9 heteroatoms. The van der Waals surface area contributed by atoms with E-state index in [2.05, 4.69) is 64.0 Å². The summed E-state index contributed by atoms with van der Waals surface area (Å²) in [7, 11) is 0. The van der Waals surface area contributed by atoms with E-state index in [0.717, 1.165) is 24.7 Å². The number of aromatic nitrogens is 1. The lowest BCUT2D eigenvalue weighted by Crippen LogP contribution is -2.17. The minimum Gasteiger partial charge on any atom is -0.396 e. The summed E-state index contributed by atoms with van der Waals surface area (Å²) in [5, 5.41) is 17.8. The third kappa shape index (κ3) is 10.9. The van der Waals surface area contributed by atoms with Crippen LogP contribution in [0.2, 0.25) is 0 Å². The van der Waals surface area contributed by atoms with Gasteiger partial charge in [0.15, 0.2) is 0 Å². The van der Waals surface area contributed by atoms with Gasteiger partial charge < -0.3 is 15.7 Å². The molecule has 1 aromatic carbocycles. The first-order valence-corrected chi connectivity index (χ1v) is 12.8. The highest BCUT2D eigenvalue weighted by Gasteiger charge is 2.05. The van der Waals surface area contributed by atoms with Crippen LogP contribution in [0.4, 0.5) is 15.2 Å². The molecule has 0 saturated carbocycles. The third-order valence-electron chi connectivity index (χ3n) is 4.95. The van der Waals surface area contributed by atoms with Crippen LogP contribution in [0.15, 0.2) is 96.2 Å². The van der Waals surface area contributed by atoms with E-state index in [1.807, 2.05) is 13.0 Å². The van der Waals surface area contributed by atoms with Crippen molar-refractivity contribution in [3.8, 4) is 0 Å². The predicted molar refractivity (Wildman–Crippen MR) is 148 cm³/mol. The van der Waals surface area contributed by atoms with Gasteiger partial charge in [0, 0.05) is 36.1 Å². The Morgan fingerprint density at radius 3 is 2.86 bits per heavy atom. The van der Waals surface area contributed by atoms with Crippen LogP contribution < -0.4 is 21.6 Å². The molecule has 0 saturated heterocycles. The minimum absolute atomic E-state index is 0.0751. The molecule has 0 spiro atoms. The average molecular weight is 514 g/mol.